The average Bonchev–Trinajstić information content (AvgIpc) is 3.05. The number of amides is 2. The molecule has 4 rings (SSSR count). The van der Waals surface area contributed by atoms with Crippen molar-refractivity contribution in [3.63, 3.8) is 0 Å². The molecule has 3 aromatic rings. The van der Waals surface area contributed by atoms with Crippen molar-refractivity contribution in [3.05, 3.63) is 95.1 Å². The van der Waals surface area contributed by atoms with E-state index in [4.69, 9.17) is 4.74 Å². The predicted molar refractivity (Wildman–Crippen MR) is 121 cm³/mol. The van der Waals surface area contributed by atoms with Crippen LogP contribution in [0.25, 0.3) is 0 Å². The van der Waals surface area contributed by atoms with Crippen molar-refractivity contribution in [1.29, 1.82) is 0 Å². The Morgan fingerprint density at radius 3 is 2.03 bits per heavy atom. The highest BCUT2D eigenvalue weighted by atomic mass is 32.2. The maximum absolute atomic E-state index is 12.5. The van der Waals surface area contributed by atoms with Crippen LogP contribution in [0.5, 0.6) is 0 Å². The van der Waals surface area contributed by atoms with Gasteiger partial charge in [-0.25, -0.2) is 13.2 Å². The Kier molecular flexibility index (Phi) is 5.97. The van der Waals surface area contributed by atoms with Crippen molar-refractivity contribution in [2.45, 2.75) is 11.8 Å². The first-order chi connectivity index (χ1) is 15.8. The third-order valence-corrected chi connectivity index (χ3v) is 6.53. The highest BCUT2D eigenvalue weighted by Gasteiger charge is 2.34. The Bertz CT molecular complexity index is 1300. The van der Waals surface area contributed by atoms with Gasteiger partial charge in [-0.05, 0) is 55.5 Å². The lowest BCUT2D eigenvalue weighted by atomic mass is 10.1. The lowest BCUT2D eigenvalue weighted by Crippen LogP contribution is -2.33. The van der Waals surface area contributed by atoms with Crippen LogP contribution in [-0.2, 0) is 14.8 Å². The van der Waals surface area contributed by atoms with E-state index in [9.17, 15) is 22.8 Å². The molecule has 0 bridgehead atoms. The molecule has 1 N–H and O–H groups in total. The summed E-state index contributed by atoms with van der Waals surface area (Å²) in [5.41, 5.74) is 2.22. The van der Waals surface area contributed by atoms with Gasteiger partial charge in [-0.1, -0.05) is 29.8 Å². The minimum atomic E-state index is -3.82. The van der Waals surface area contributed by atoms with Gasteiger partial charge in [0.25, 0.3) is 21.8 Å². The van der Waals surface area contributed by atoms with Gasteiger partial charge < -0.3 is 4.74 Å². The molecule has 1 aliphatic rings. The van der Waals surface area contributed by atoms with Crippen LogP contribution in [0.2, 0.25) is 0 Å². The molecule has 3 aromatic carbocycles. The van der Waals surface area contributed by atoms with Gasteiger partial charge in [0.1, 0.15) is 6.61 Å². The van der Waals surface area contributed by atoms with E-state index >= 15 is 0 Å². The Morgan fingerprint density at radius 2 is 1.45 bits per heavy atom. The van der Waals surface area contributed by atoms with Crippen LogP contribution < -0.4 is 4.72 Å². The number of benzene rings is 3. The van der Waals surface area contributed by atoms with Gasteiger partial charge in [-0.2, -0.15) is 0 Å². The van der Waals surface area contributed by atoms with E-state index in [1.807, 2.05) is 6.92 Å². The first-order valence-corrected chi connectivity index (χ1v) is 11.6. The van der Waals surface area contributed by atoms with Crippen molar-refractivity contribution in [3.8, 4) is 0 Å². The number of anilines is 1. The van der Waals surface area contributed by atoms with E-state index in [1.54, 1.807) is 48.5 Å². The largest absolute Gasteiger partial charge is 0.460 e. The predicted octanol–water partition coefficient (Wildman–Crippen LogP) is 3.25. The summed E-state index contributed by atoms with van der Waals surface area (Å²) in [6, 6.07) is 18.7. The number of imide groups is 1. The van der Waals surface area contributed by atoms with Crippen molar-refractivity contribution < 1.29 is 27.5 Å². The monoisotopic (exact) mass is 464 g/mol. The van der Waals surface area contributed by atoms with Crippen LogP contribution in [0.4, 0.5) is 5.69 Å². The molecule has 1 aliphatic heterocycles. The van der Waals surface area contributed by atoms with E-state index in [2.05, 4.69) is 4.72 Å². The molecule has 0 radical (unpaired) electrons. The number of nitrogens with zero attached hydrogens (tertiary/aromatic N) is 1. The van der Waals surface area contributed by atoms with Crippen molar-refractivity contribution in [2.75, 3.05) is 17.9 Å². The maximum atomic E-state index is 12.5. The number of esters is 1. The molecular weight excluding hydrogens is 444 g/mol. The number of hydrogen-bond donors (Lipinski definition) is 1. The Hall–Kier alpha value is -3.98. The molecule has 0 atom stereocenters. The summed E-state index contributed by atoms with van der Waals surface area (Å²) in [5, 5.41) is 0. The van der Waals surface area contributed by atoms with Crippen LogP contribution in [-0.4, -0.2) is 44.3 Å². The van der Waals surface area contributed by atoms with Gasteiger partial charge in [-0.15, -0.1) is 0 Å². The highest BCUT2D eigenvalue weighted by molar-refractivity contribution is 7.92. The molecule has 0 saturated carbocycles. The zero-order valence-corrected chi connectivity index (χ0v) is 18.5. The highest BCUT2D eigenvalue weighted by Crippen LogP contribution is 2.22. The molecule has 0 fully saturated rings. The molecule has 33 heavy (non-hydrogen) atoms. The zero-order valence-electron chi connectivity index (χ0n) is 17.6. The SMILES string of the molecule is Cc1ccc(NS(=O)(=O)c2ccc(C(=O)OCCN3C(=O)c4ccccc4C3=O)cc2)cc1. The summed E-state index contributed by atoms with van der Waals surface area (Å²) in [6.45, 7) is 1.64. The van der Waals surface area contributed by atoms with E-state index in [-0.39, 0.29) is 23.6 Å². The van der Waals surface area contributed by atoms with E-state index in [0.717, 1.165) is 10.5 Å². The normalized spacial score (nSPS) is 13.1. The summed E-state index contributed by atoms with van der Waals surface area (Å²) in [7, 11) is -3.82. The molecule has 0 spiro atoms. The Morgan fingerprint density at radius 1 is 0.879 bits per heavy atom. The fraction of sp³-hybridized carbons (Fsp3) is 0.125. The number of nitrogens with one attached hydrogen (secondary N) is 1. The van der Waals surface area contributed by atoms with Crippen LogP contribution in [0, 0.1) is 6.92 Å². The smallest absolute Gasteiger partial charge is 0.338 e. The molecule has 0 unspecified atom stereocenters. The molecule has 0 aliphatic carbocycles. The molecular formula is C24H20N2O6S. The van der Waals surface area contributed by atoms with Crippen LogP contribution in [0.15, 0.2) is 77.7 Å². The summed E-state index contributed by atoms with van der Waals surface area (Å²) >= 11 is 0. The minimum Gasteiger partial charge on any atom is -0.460 e. The van der Waals surface area contributed by atoms with Gasteiger partial charge in [0, 0.05) is 5.69 Å². The summed E-state index contributed by atoms with van der Waals surface area (Å²) < 4.78 is 32.7. The van der Waals surface area contributed by atoms with Crippen LogP contribution in [0.3, 0.4) is 0 Å². The minimum absolute atomic E-state index is 0.00866. The molecule has 8 nitrogen and oxygen atoms in total. The van der Waals surface area contributed by atoms with Crippen molar-refractivity contribution in [2.24, 2.45) is 0 Å². The van der Waals surface area contributed by atoms with Crippen molar-refractivity contribution in [1.82, 2.24) is 4.90 Å². The fourth-order valence-electron chi connectivity index (χ4n) is 3.36. The number of rotatable bonds is 7. The maximum Gasteiger partial charge on any atom is 0.338 e. The standard InChI is InChI=1S/C24H20N2O6S/c1-16-6-10-18(11-7-16)25-33(30,31)19-12-8-17(9-13-19)24(29)32-15-14-26-22(27)20-4-2-3-5-21(20)23(26)28/h2-13,25H,14-15H2,1H3. The second-order valence-electron chi connectivity index (χ2n) is 7.44. The number of carbonyl (C=O) groups excluding carboxylic acids is 3. The summed E-state index contributed by atoms with van der Waals surface area (Å²) in [5.74, 6) is -1.55. The first kappa shape index (κ1) is 22.2. The molecule has 0 aromatic heterocycles. The molecule has 1 heterocycles. The van der Waals surface area contributed by atoms with Crippen LogP contribution in [0.1, 0.15) is 36.6 Å². The van der Waals surface area contributed by atoms with Gasteiger partial charge in [-0.3, -0.25) is 19.2 Å². The third-order valence-electron chi connectivity index (χ3n) is 5.13. The third kappa shape index (κ3) is 4.63. The van der Waals surface area contributed by atoms with Crippen LogP contribution >= 0.6 is 0 Å². The Balaban J connectivity index is 1.34. The van der Waals surface area contributed by atoms with E-state index in [0.29, 0.717) is 16.8 Å². The van der Waals surface area contributed by atoms with E-state index in [1.165, 1.54) is 24.3 Å². The number of sulfonamides is 1. The second kappa shape index (κ2) is 8.87. The number of carbonyl (C=O) groups is 3. The van der Waals surface area contributed by atoms with Gasteiger partial charge in [0.05, 0.1) is 28.1 Å². The number of fused-ring (bicyclic) bond motifs is 1. The quantitative estimate of drug-likeness (QED) is 0.425. The number of ether oxygens (including phenoxy) is 1. The lowest BCUT2D eigenvalue weighted by molar-refractivity contribution is 0.0420. The first-order valence-electron chi connectivity index (χ1n) is 10.1. The average molecular weight is 464 g/mol. The fourth-order valence-corrected chi connectivity index (χ4v) is 4.42. The number of hydrogen-bond acceptors (Lipinski definition) is 6. The molecule has 0 saturated heterocycles. The summed E-state index contributed by atoms with van der Waals surface area (Å²) in [4.78, 5) is 38.0. The summed E-state index contributed by atoms with van der Waals surface area (Å²) in [6.07, 6.45) is 0. The topological polar surface area (TPSA) is 110 Å². The second-order valence-corrected chi connectivity index (χ2v) is 9.12. The number of aryl methyl sites for hydroxylation is 1. The van der Waals surface area contributed by atoms with E-state index < -0.39 is 27.8 Å². The molecule has 9 heteroatoms. The van der Waals surface area contributed by atoms with Gasteiger partial charge in [0.2, 0.25) is 0 Å². The zero-order chi connectivity index (χ0) is 23.6. The molecule has 2 amide bonds. The van der Waals surface area contributed by atoms with Gasteiger partial charge >= 0.3 is 5.97 Å². The Labute approximate surface area is 190 Å². The van der Waals surface area contributed by atoms with Gasteiger partial charge in [0.15, 0.2) is 0 Å². The molecule has 168 valence electrons. The lowest BCUT2D eigenvalue weighted by Gasteiger charge is -2.14. The van der Waals surface area contributed by atoms with Crippen molar-refractivity contribution >= 4 is 33.5 Å².